The third-order valence-electron chi connectivity index (χ3n) is 1.82. The Labute approximate surface area is 78.2 Å². The molecule has 0 unspecified atom stereocenters. The Morgan fingerprint density at radius 2 is 2.00 bits per heavy atom. The Bertz CT molecular complexity index is 272. The minimum atomic E-state index is -3.45. The minimum absolute atomic E-state index is 0.216. The van der Waals surface area contributed by atoms with Gasteiger partial charge in [-0.3, -0.25) is 4.79 Å². The van der Waals surface area contributed by atoms with Gasteiger partial charge in [-0.15, -0.1) is 0 Å². The molecule has 0 radical (unpaired) electrons. The van der Waals surface area contributed by atoms with E-state index in [0.717, 1.165) is 6.26 Å². The predicted octanol–water partition coefficient (Wildman–Crippen LogP) is 0.0349. The highest BCUT2D eigenvalue weighted by molar-refractivity contribution is 7.88. The zero-order valence-electron chi connectivity index (χ0n) is 7.94. The van der Waals surface area contributed by atoms with Crippen molar-refractivity contribution in [1.82, 2.24) is 4.72 Å². The number of aliphatic carboxylic acids is 1. The molecule has 0 saturated carbocycles. The number of sulfonamides is 1. The molecule has 0 aromatic carbocycles. The van der Waals surface area contributed by atoms with Crippen LogP contribution in [0.1, 0.15) is 20.3 Å². The molecular formula is C7H15NO4S. The van der Waals surface area contributed by atoms with Crippen LogP contribution in [0.4, 0.5) is 0 Å². The molecule has 78 valence electrons. The summed E-state index contributed by atoms with van der Waals surface area (Å²) in [5, 5.41) is 8.71. The molecule has 0 spiro atoms. The molecule has 0 heterocycles. The van der Waals surface area contributed by atoms with Gasteiger partial charge >= 0.3 is 5.97 Å². The number of carboxylic acids is 1. The maximum absolute atomic E-state index is 10.8. The van der Waals surface area contributed by atoms with Crippen molar-refractivity contribution in [3.8, 4) is 0 Å². The van der Waals surface area contributed by atoms with E-state index in [4.69, 9.17) is 5.11 Å². The fraction of sp³-hybridized carbons (Fsp3) is 0.857. The maximum Gasteiger partial charge on any atom is 0.322 e. The topological polar surface area (TPSA) is 83.5 Å². The predicted molar refractivity (Wildman–Crippen MR) is 48.9 cm³/mol. The largest absolute Gasteiger partial charge is 0.480 e. The lowest BCUT2D eigenvalue weighted by atomic mass is 10.0. The maximum atomic E-state index is 10.8. The van der Waals surface area contributed by atoms with Gasteiger partial charge in [-0.25, -0.2) is 13.1 Å². The van der Waals surface area contributed by atoms with E-state index in [1.54, 1.807) is 6.92 Å². The Balaban J connectivity index is 4.54. The molecule has 0 bridgehead atoms. The summed E-state index contributed by atoms with van der Waals surface area (Å²) in [6.45, 7) is 3.50. The summed E-state index contributed by atoms with van der Waals surface area (Å²) in [6.07, 6.45) is 1.56. The van der Waals surface area contributed by atoms with E-state index >= 15 is 0 Å². The second kappa shape index (κ2) is 4.57. The van der Waals surface area contributed by atoms with Crippen LogP contribution < -0.4 is 4.72 Å². The number of carboxylic acid groups (broad SMARTS) is 1. The molecule has 0 aliphatic carbocycles. The molecule has 0 amide bonds. The normalized spacial score (nSPS) is 16.5. The first-order valence-electron chi connectivity index (χ1n) is 3.98. The zero-order chi connectivity index (χ0) is 10.6. The second-order valence-electron chi connectivity index (χ2n) is 3.09. The Kier molecular flexibility index (Phi) is 4.35. The van der Waals surface area contributed by atoms with Crippen LogP contribution in [0.5, 0.6) is 0 Å². The van der Waals surface area contributed by atoms with Crippen LogP contribution in [0.3, 0.4) is 0 Å². The lowest BCUT2D eigenvalue weighted by molar-refractivity contribution is -0.140. The Morgan fingerprint density at radius 1 is 1.54 bits per heavy atom. The molecule has 13 heavy (non-hydrogen) atoms. The fourth-order valence-electron chi connectivity index (χ4n) is 0.876. The summed E-state index contributed by atoms with van der Waals surface area (Å²) in [5.74, 6) is -1.35. The van der Waals surface area contributed by atoms with Crippen molar-refractivity contribution in [3.05, 3.63) is 0 Å². The van der Waals surface area contributed by atoms with Gasteiger partial charge in [0.2, 0.25) is 10.0 Å². The van der Waals surface area contributed by atoms with Gasteiger partial charge in [0.15, 0.2) is 0 Å². The van der Waals surface area contributed by atoms with Crippen molar-refractivity contribution in [2.24, 2.45) is 5.92 Å². The van der Waals surface area contributed by atoms with Crippen molar-refractivity contribution in [2.75, 3.05) is 6.26 Å². The Hall–Kier alpha value is -0.620. The first-order valence-corrected chi connectivity index (χ1v) is 5.87. The molecule has 5 nitrogen and oxygen atoms in total. The van der Waals surface area contributed by atoms with Crippen LogP contribution in [0, 0.1) is 5.92 Å². The van der Waals surface area contributed by atoms with Gasteiger partial charge < -0.3 is 5.11 Å². The summed E-state index contributed by atoms with van der Waals surface area (Å²) >= 11 is 0. The van der Waals surface area contributed by atoms with Crippen LogP contribution in [0.25, 0.3) is 0 Å². The third kappa shape index (κ3) is 4.84. The van der Waals surface area contributed by atoms with E-state index in [0.29, 0.717) is 6.42 Å². The van der Waals surface area contributed by atoms with Crippen LogP contribution in [0.2, 0.25) is 0 Å². The highest BCUT2D eigenvalue weighted by atomic mass is 32.2. The van der Waals surface area contributed by atoms with Crippen LogP contribution >= 0.6 is 0 Å². The molecule has 0 fully saturated rings. The van der Waals surface area contributed by atoms with Gasteiger partial charge in [0.25, 0.3) is 0 Å². The minimum Gasteiger partial charge on any atom is -0.480 e. The molecule has 2 N–H and O–H groups in total. The van der Waals surface area contributed by atoms with E-state index in [9.17, 15) is 13.2 Å². The molecule has 0 saturated heterocycles. The first kappa shape index (κ1) is 12.4. The molecular weight excluding hydrogens is 194 g/mol. The van der Waals surface area contributed by atoms with Crippen LogP contribution in [-0.4, -0.2) is 31.8 Å². The third-order valence-corrected chi connectivity index (χ3v) is 2.50. The molecule has 0 aromatic heterocycles. The van der Waals surface area contributed by atoms with Crippen molar-refractivity contribution in [3.63, 3.8) is 0 Å². The average Bonchev–Trinajstić information content (AvgIpc) is 1.96. The van der Waals surface area contributed by atoms with Gasteiger partial charge in [0.1, 0.15) is 6.04 Å². The molecule has 0 rings (SSSR count). The van der Waals surface area contributed by atoms with E-state index in [1.165, 1.54) is 0 Å². The monoisotopic (exact) mass is 209 g/mol. The summed E-state index contributed by atoms with van der Waals surface area (Å²) in [4.78, 5) is 10.7. The SMILES string of the molecule is CC[C@H](C)[C@@H](NS(C)(=O)=O)C(=O)O. The molecule has 6 heteroatoms. The molecule has 2 atom stereocenters. The van der Waals surface area contributed by atoms with Gasteiger partial charge in [-0.2, -0.15) is 0 Å². The van der Waals surface area contributed by atoms with E-state index in [-0.39, 0.29) is 5.92 Å². The lowest BCUT2D eigenvalue weighted by Gasteiger charge is -2.18. The smallest absolute Gasteiger partial charge is 0.322 e. The number of rotatable bonds is 5. The van der Waals surface area contributed by atoms with Gasteiger partial charge in [0, 0.05) is 0 Å². The van der Waals surface area contributed by atoms with E-state index < -0.39 is 22.0 Å². The zero-order valence-corrected chi connectivity index (χ0v) is 8.76. The molecule has 0 aliphatic rings. The lowest BCUT2D eigenvalue weighted by Crippen LogP contribution is -2.44. The number of nitrogens with one attached hydrogen (secondary N) is 1. The summed E-state index contributed by atoms with van der Waals surface area (Å²) in [5.41, 5.74) is 0. The number of hydrogen-bond donors (Lipinski definition) is 2. The quantitative estimate of drug-likeness (QED) is 0.669. The van der Waals surface area contributed by atoms with Gasteiger partial charge in [0.05, 0.1) is 6.26 Å². The molecule has 0 aliphatic heterocycles. The van der Waals surface area contributed by atoms with Crippen molar-refractivity contribution in [2.45, 2.75) is 26.3 Å². The average molecular weight is 209 g/mol. The van der Waals surface area contributed by atoms with Gasteiger partial charge in [-0.05, 0) is 5.92 Å². The first-order chi connectivity index (χ1) is 5.78. The fourth-order valence-corrected chi connectivity index (χ4v) is 1.67. The van der Waals surface area contributed by atoms with Crippen molar-refractivity contribution >= 4 is 16.0 Å². The highest BCUT2D eigenvalue weighted by Crippen LogP contribution is 2.08. The highest BCUT2D eigenvalue weighted by Gasteiger charge is 2.26. The standard InChI is InChI=1S/C7H15NO4S/c1-4-5(2)6(7(9)10)8-13(3,11)12/h5-6,8H,4H2,1-3H3,(H,9,10)/t5-,6+/m0/s1. The van der Waals surface area contributed by atoms with E-state index in [1.807, 2.05) is 6.92 Å². The summed E-state index contributed by atoms with van der Waals surface area (Å²) in [7, 11) is -3.45. The van der Waals surface area contributed by atoms with Gasteiger partial charge in [-0.1, -0.05) is 20.3 Å². The number of hydrogen-bond acceptors (Lipinski definition) is 3. The summed E-state index contributed by atoms with van der Waals surface area (Å²) in [6, 6.07) is -1.03. The second-order valence-corrected chi connectivity index (χ2v) is 4.87. The van der Waals surface area contributed by atoms with Crippen LogP contribution in [-0.2, 0) is 14.8 Å². The molecule has 0 aromatic rings. The van der Waals surface area contributed by atoms with Crippen LogP contribution in [0.15, 0.2) is 0 Å². The Morgan fingerprint density at radius 3 is 2.23 bits per heavy atom. The van der Waals surface area contributed by atoms with E-state index in [2.05, 4.69) is 4.72 Å². The van der Waals surface area contributed by atoms with Crippen molar-refractivity contribution < 1.29 is 18.3 Å². The summed E-state index contributed by atoms with van der Waals surface area (Å²) < 4.78 is 23.7. The van der Waals surface area contributed by atoms with Crippen molar-refractivity contribution in [1.29, 1.82) is 0 Å². The number of carbonyl (C=O) groups is 1.